The predicted molar refractivity (Wildman–Crippen MR) is 77.0 cm³/mol. The van der Waals surface area contributed by atoms with Crippen molar-refractivity contribution in [3.63, 3.8) is 0 Å². The highest BCUT2D eigenvalue weighted by molar-refractivity contribution is 5.78. The van der Waals surface area contributed by atoms with Crippen LogP contribution in [0.25, 0.3) is 0 Å². The molecule has 0 bridgehead atoms. The summed E-state index contributed by atoms with van der Waals surface area (Å²) < 4.78 is 5.49. The van der Waals surface area contributed by atoms with E-state index in [0.29, 0.717) is 19.7 Å². The predicted octanol–water partition coefficient (Wildman–Crippen LogP) is 0.731. The number of hydrogen-bond acceptors (Lipinski definition) is 4. The quantitative estimate of drug-likeness (QED) is 0.639. The van der Waals surface area contributed by atoms with E-state index in [2.05, 4.69) is 24.1 Å². The minimum atomic E-state index is 0.0727. The number of nitrogens with one attached hydrogen (secondary N) is 1. The van der Waals surface area contributed by atoms with Gasteiger partial charge in [-0.25, -0.2) is 0 Å². The number of carbonyl (C=O) groups is 1. The lowest BCUT2D eigenvalue weighted by atomic mass is 10.1. The van der Waals surface area contributed by atoms with Crippen LogP contribution in [0.2, 0.25) is 0 Å². The maximum atomic E-state index is 11.9. The first-order valence-electron chi connectivity index (χ1n) is 7.49. The molecule has 0 saturated carbocycles. The van der Waals surface area contributed by atoms with Crippen molar-refractivity contribution in [1.29, 1.82) is 0 Å². The second kappa shape index (κ2) is 9.28. The van der Waals surface area contributed by atoms with Crippen LogP contribution >= 0.6 is 0 Å². The van der Waals surface area contributed by atoms with E-state index in [1.165, 1.54) is 19.3 Å². The first kappa shape index (κ1) is 16.4. The van der Waals surface area contributed by atoms with Crippen LogP contribution in [0.15, 0.2) is 0 Å². The highest BCUT2D eigenvalue weighted by Gasteiger charge is 2.21. The van der Waals surface area contributed by atoms with Gasteiger partial charge in [-0.15, -0.1) is 0 Å². The molecule has 1 fully saturated rings. The van der Waals surface area contributed by atoms with Gasteiger partial charge in [0, 0.05) is 25.7 Å². The van der Waals surface area contributed by atoms with Gasteiger partial charge in [-0.2, -0.15) is 0 Å². The molecule has 1 heterocycles. The van der Waals surface area contributed by atoms with Crippen molar-refractivity contribution < 1.29 is 9.53 Å². The van der Waals surface area contributed by atoms with Gasteiger partial charge in [-0.1, -0.05) is 26.2 Å². The summed E-state index contributed by atoms with van der Waals surface area (Å²) in [5, 5.41) is 3.07. The van der Waals surface area contributed by atoms with E-state index in [1.54, 1.807) is 0 Å². The van der Waals surface area contributed by atoms with Gasteiger partial charge in [0.15, 0.2) is 0 Å². The standard InChI is InChI=1S/C14H29N3O2/c1-3-4-5-6-12(2)16-14(18)11-17-7-8-19-13(9-15)10-17/h12-13H,3-11,15H2,1-2H3,(H,16,18). The molecule has 2 atom stereocenters. The minimum absolute atomic E-state index is 0.0727. The van der Waals surface area contributed by atoms with E-state index in [1.807, 2.05) is 0 Å². The van der Waals surface area contributed by atoms with Crippen LogP contribution in [0, 0.1) is 0 Å². The number of nitrogens with zero attached hydrogens (tertiary/aromatic N) is 1. The van der Waals surface area contributed by atoms with Crippen LogP contribution in [0.3, 0.4) is 0 Å². The van der Waals surface area contributed by atoms with Gasteiger partial charge in [0.25, 0.3) is 0 Å². The molecule has 0 aliphatic carbocycles. The van der Waals surface area contributed by atoms with E-state index in [-0.39, 0.29) is 18.1 Å². The van der Waals surface area contributed by atoms with E-state index < -0.39 is 0 Å². The first-order valence-corrected chi connectivity index (χ1v) is 7.49. The molecule has 1 amide bonds. The third-order valence-corrected chi connectivity index (χ3v) is 3.50. The molecule has 5 nitrogen and oxygen atoms in total. The average molecular weight is 271 g/mol. The number of amides is 1. The zero-order valence-corrected chi connectivity index (χ0v) is 12.4. The van der Waals surface area contributed by atoms with Gasteiger partial charge in [0.1, 0.15) is 0 Å². The van der Waals surface area contributed by atoms with E-state index in [4.69, 9.17) is 10.5 Å². The summed E-state index contributed by atoms with van der Waals surface area (Å²) in [6.45, 7) is 7.48. The molecule has 19 heavy (non-hydrogen) atoms. The number of unbranched alkanes of at least 4 members (excludes halogenated alkanes) is 2. The zero-order valence-electron chi connectivity index (χ0n) is 12.4. The molecule has 0 radical (unpaired) electrons. The molecule has 0 aromatic heterocycles. The molecule has 1 rings (SSSR count). The fraction of sp³-hybridized carbons (Fsp3) is 0.929. The Hall–Kier alpha value is -0.650. The summed E-state index contributed by atoms with van der Waals surface area (Å²) in [6, 6.07) is 0.269. The van der Waals surface area contributed by atoms with Crippen LogP contribution in [-0.2, 0) is 9.53 Å². The Morgan fingerprint density at radius 3 is 3.00 bits per heavy atom. The summed E-state index contributed by atoms with van der Waals surface area (Å²) >= 11 is 0. The molecule has 5 heteroatoms. The Labute approximate surface area is 116 Å². The SMILES string of the molecule is CCCCCC(C)NC(=O)CN1CCOC(CN)C1. The van der Waals surface area contributed by atoms with Gasteiger partial charge < -0.3 is 15.8 Å². The van der Waals surface area contributed by atoms with Crippen molar-refractivity contribution in [2.75, 3.05) is 32.8 Å². The Bertz CT molecular complexity index is 261. The van der Waals surface area contributed by atoms with E-state index >= 15 is 0 Å². The Morgan fingerprint density at radius 1 is 1.53 bits per heavy atom. The molecule has 1 aliphatic heterocycles. The maximum absolute atomic E-state index is 11.9. The van der Waals surface area contributed by atoms with Gasteiger partial charge in [-0.05, 0) is 13.3 Å². The summed E-state index contributed by atoms with van der Waals surface area (Å²) in [5.41, 5.74) is 5.59. The van der Waals surface area contributed by atoms with Crippen molar-refractivity contribution in [2.45, 2.75) is 51.7 Å². The second-order valence-corrected chi connectivity index (χ2v) is 5.43. The Morgan fingerprint density at radius 2 is 2.32 bits per heavy atom. The Balaban J connectivity index is 2.19. The molecule has 0 aromatic carbocycles. The van der Waals surface area contributed by atoms with Crippen molar-refractivity contribution in [1.82, 2.24) is 10.2 Å². The lowest BCUT2D eigenvalue weighted by molar-refractivity contribution is -0.124. The largest absolute Gasteiger partial charge is 0.374 e. The summed E-state index contributed by atoms with van der Waals surface area (Å²) in [4.78, 5) is 14.0. The Kier molecular flexibility index (Phi) is 8.02. The van der Waals surface area contributed by atoms with Crippen LogP contribution in [0.1, 0.15) is 39.5 Å². The van der Waals surface area contributed by atoms with Crippen LogP contribution in [0.4, 0.5) is 0 Å². The zero-order chi connectivity index (χ0) is 14.1. The highest BCUT2D eigenvalue weighted by atomic mass is 16.5. The van der Waals surface area contributed by atoms with Gasteiger partial charge in [0.2, 0.25) is 5.91 Å². The lowest BCUT2D eigenvalue weighted by Gasteiger charge is -2.32. The number of ether oxygens (including phenoxy) is 1. The van der Waals surface area contributed by atoms with Crippen molar-refractivity contribution >= 4 is 5.91 Å². The van der Waals surface area contributed by atoms with E-state index in [9.17, 15) is 4.79 Å². The summed E-state index contributed by atoms with van der Waals surface area (Å²) in [7, 11) is 0. The highest BCUT2D eigenvalue weighted by Crippen LogP contribution is 2.05. The molecule has 1 aliphatic rings. The normalized spacial score (nSPS) is 22.2. The first-order chi connectivity index (χ1) is 9.15. The molecular formula is C14H29N3O2. The molecule has 0 spiro atoms. The molecule has 3 N–H and O–H groups in total. The number of rotatable bonds is 8. The van der Waals surface area contributed by atoms with Crippen LogP contribution in [-0.4, -0.2) is 55.7 Å². The molecular weight excluding hydrogens is 242 g/mol. The molecule has 0 aromatic rings. The molecule has 112 valence electrons. The topological polar surface area (TPSA) is 67.6 Å². The monoisotopic (exact) mass is 271 g/mol. The van der Waals surface area contributed by atoms with Crippen molar-refractivity contribution in [3.05, 3.63) is 0 Å². The minimum Gasteiger partial charge on any atom is -0.374 e. The molecule has 1 saturated heterocycles. The van der Waals surface area contributed by atoms with Crippen molar-refractivity contribution in [3.8, 4) is 0 Å². The molecule has 2 unspecified atom stereocenters. The fourth-order valence-electron chi connectivity index (χ4n) is 2.36. The number of hydrogen-bond donors (Lipinski definition) is 2. The maximum Gasteiger partial charge on any atom is 0.234 e. The third kappa shape index (κ3) is 6.89. The summed E-state index contributed by atoms with van der Waals surface area (Å²) in [6.07, 6.45) is 4.78. The summed E-state index contributed by atoms with van der Waals surface area (Å²) in [5.74, 6) is 0.113. The number of carbonyl (C=O) groups excluding carboxylic acids is 1. The fourth-order valence-corrected chi connectivity index (χ4v) is 2.36. The van der Waals surface area contributed by atoms with Gasteiger partial charge >= 0.3 is 0 Å². The van der Waals surface area contributed by atoms with Gasteiger partial charge in [0.05, 0.1) is 19.3 Å². The van der Waals surface area contributed by atoms with Gasteiger partial charge in [-0.3, -0.25) is 9.69 Å². The smallest absolute Gasteiger partial charge is 0.234 e. The second-order valence-electron chi connectivity index (χ2n) is 5.43. The van der Waals surface area contributed by atoms with Crippen molar-refractivity contribution in [2.24, 2.45) is 5.73 Å². The lowest BCUT2D eigenvalue weighted by Crippen LogP contribution is -2.49. The third-order valence-electron chi connectivity index (χ3n) is 3.50. The average Bonchev–Trinajstić information content (AvgIpc) is 2.39. The number of nitrogens with two attached hydrogens (primary N) is 1. The van der Waals surface area contributed by atoms with Crippen LogP contribution < -0.4 is 11.1 Å². The number of morpholine rings is 1. The van der Waals surface area contributed by atoms with E-state index in [0.717, 1.165) is 19.5 Å². The van der Waals surface area contributed by atoms with Crippen LogP contribution in [0.5, 0.6) is 0 Å².